The van der Waals surface area contributed by atoms with Gasteiger partial charge in [0.1, 0.15) is 11.6 Å². The molecule has 1 saturated carbocycles. The first kappa shape index (κ1) is 13.8. The van der Waals surface area contributed by atoms with Gasteiger partial charge >= 0.3 is 0 Å². The maximum Gasteiger partial charge on any atom is 0.129 e. The highest BCUT2D eigenvalue weighted by atomic mass is 16.5. The summed E-state index contributed by atoms with van der Waals surface area (Å²) < 4.78 is 5.28. The molecular weight excluding hydrogens is 274 g/mol. The van der Waals surface area contributed by atoms with E-state index < -0.39 is 0 Å². The third-order valence-electron chi connectivity index (χ3n) is 4.90. The molecule has 0 radical (unpaired) electrons. The van der Waals surface area contributed by atoms with Gasteiger partial charge in [-0.05, 0) is 50.1 Å². The van der Waals surface area contributed by atoms with Gasteiger partial charge in [-0.15, -0.1) is 0 Å². The highest BCUT2D eigenvalue weighted by Gasteiger charge is 2.34. The Morgan fingerprint density at radius 1 is 1.14 bits per heavy atom. The lowest BCUT2D eigenvalue weighted by Gasteiger charge is -2.40. The van der Waals surface area contributed by atoms with E-state index in [1.165, 1.54) is 12.8 Å². The van der Waals surface area contributed by atoms with Crippen molar-refractivity contribution >= 4 is 16.7 Å². The minimum Gasteiger partial charge on any atom is -0.497 e. The van der Waals surface area contributed by atoms with Crippen LogP contribution in [-0.2, 0) is 0 Å². The summed E-state index contributed by atoms with van der Waals surface area (Å²) >= 11 is 0. The van der Waals surface area contributed by atoms with Gasteiger partial charge in [-0.25, -0.2) is 4.98 Å². The van der Waals surface area contributed by atoms with Crippen molar-refractivity contribution in [3.63, 3.8) is 0 Å². The number of hydrogen-bond acceptors (Lipinski definition) is 4. The van der Waals surface area contributed by atoms with Crippen molar-refractivity contribution in [2.24, 2.45) is 0 Å². The second-order valence-corrected chi connectivity index (χ2v) is 6.50. The number of fused-ring (bicyclic) bond motifs is 1. The van der Waals surface area contributed by atoms with E-state index in [2.05, 4.69) is 28.9 Å². The SMILES string of the molecule is COc1ccc2nc(N3CCN(C4CC4)CC3C)ccc2c1. The van der Waals surface area contributed by atoms with Gasteiger partial charge in [0.15, 0.2) is 0 Å². The molecule has 1 saturated heterocycles. The number of rotatable bonds is 3. The van der Waals surface area contributed by atoms with Gasteiger partial charge in [-0.3, -0.25) is 4.90 Å². The van der Waals surface area contributed by atoms with E-state index in [4.69, 9.17) is 9.72 Å². The van der Waals surface area contributed by atoms with Gasteiger partial charge in [-0.1, -0.05) is 0 Å². The third-order valence-corrected chi connectivity index (χ3v) is 4.90. The Hall–Kier alpha value is -1.81. The van der Waals surface area contributed by atoms with Crippen LogP contribution in [0.25, 0.3) is 10.9 Å². The Morgan fingerprint density at radius 3 is 2.73 bits per heavy atom. The molecule has 1 atom stereocenters. The Bertz CT molecular complexity index is 683. The zero-order chi connectivity index (χ0) is 15.1. The summed E-state index contributed by atoms with van der Waals surface area (Å²) in [5.74, 6) is 1.98. The van der Waals surface area contributed by atoms with Crippen LogP contribution in [-0.4, -0.2) is 48.7 Å². The highest BCUT2D eigenvalue weighted by molar-refractivity contribution is 5.81. The van der Waals surface area contributed by atoms with E-state index in [1.807, 2.05) is 18.2 Å². The predicted octanol–water partition coefficient (Wildman–Crippen LogP) is 2.92. The average molecular weight is 297 g/mol. The van der Waals surface area contributed by atoms with Crippen molar-refractivity contribution in [3.8, 4) is 5.75 Å². The van der Waals surface area contributed by atoms with Crippen molar-refractivity contribution in [1.29, 1.82) is 0 Å². The number of ether oxygens (including phenoxy) is 1. The average Bonchev–Trinajstić information content (AvgIpc) is 3.38. The first-order valence-electron chi connectivity index (χ1n) is 8.20. The molecule has 2 aromatic rings. The number of methoxy groups -OCH3 is 1. The molecule has 4 heteroatoms. The van der Waals surface area contributed by atoms with E-state index in [9.17, 15) is 0 Å². The van der Waals surface area contributed by atoms with Crippen LogP contribution in [0.1, 0.15) is 19.8 Å². The molecule has 0 N–H and O–H groups in total. The first-order chi connectivity index (χ1) is 10.7. The van der Waals surface area contributed by atoms with E-state index >= 15 is 0 Å². The molecule has 0 bridgehead atoms. The largest absolute Gasteiger partial charge is 0.497 e. The van der Waals surface area contributed by atoms with E-state index in [0.29, 0.717) is 6.04 Å². The van der Waals surface area contributed by atoms with Gasteiger partial charge in [0.05, 0.1) is 12.6 Å². The molecule has 116 valence electrons. The Kier molecular flexibility index (Phi) is 3.41. The second kappa shape index (κ2) is 5.43. The van der Waals surface area contributed by atoms with Crippen LogP contribution in [0.2, 0.25) is 0 Å². The standard InChI is InChI=1S/C18H23N3O/c1-13-12-20(15-4-5-15)9-10-21(13)18-8-3-14-11-16(22-2)6-7-17(14)19-18/h3,6-8,11,13,15H,4-5,9-10,12H2,1-2H3. The number of hydrogen-bond donors (Lipinski definition) is 0. The molecule has 0 amide bonds. The first-order valence-corrected chi connectivity index (χ1v) is 8.20. The fourth-order valence-electron chi connectivity index (χ4n) is 3.48. The van der Waals surface area contributed by atoms with Gasteiger partial charge < -0.3 is 9.64 Å². The molecule has 1 aromatic carbocycles. The smallest absolute Gasteiger partial charge is 0.129 e. The number of benzene rings is 1. The lowest BCUT2D eigenvalue weighted by atomic mass is 10.1. The lowest BCUT2D eigenvalue weighted by Crippen LogP contribution is -2.52. The lowest BCUT2D eigenvalue weighted by molar-refractivity contribution is 0.219. The Morgan fingerprint density at radius 2 is 2.00 bits per heavy atom. The van der Waals surface area contributed by atoms with Crippen molar-refractivity contribution in [2.45, 2.75) is 31.8 Å². The molecular formula is C18H23N3O. The summed E-state index contributed by atoms with van der Waals surface area (Å²) in [6, 6.07) is 11.8. The fraction of sp³-hybridized carbons (Fsp3) is 0.500. The van der Waals surface area contributed by atoms with Crippen LogP contribution in [0.4, 0.5) is 5.82 Å². The molecule has 2 heterocycles. The van der Waals surface area contributed by atoms with Crippen LogP contribution in [0.3, 0.4) is 0 Å². The molecule has 0 spiro atoms. The van der Waals surface area contributed by atoms with Crippen molar-refractivity contribution in [2.75, 3.05) is 31.6 Å². The Labute approximate surface area is 131 Å². The summed E-state index contributed by atoms with van der Waals surface area (Å²) in [6.45, 7) is 5.71. The number of pyridine rings is 1. The number of piperazine rings is 1. The van der Waals surface area contributed by atoms with Crippen molar-refractivity contribution in [3.05, 3.63) is 30.3 Å². The van der Waals surface area contributed by atoms with E-state index in [-0.39, 0.29) is 0 Å². The zero-order valence-electron chi connectivity index (χ0n) is 13.3. The van der Waals surface area contributed by atoms with Gasteiger partial charge in [0.25, 0.3) is 0 Å². The molecule has 22 heavy (non-hydrogen) atoms. The maximum atomic E-state index is 5.28. The second-order valence-electron chi connectivity index (χ2n) is 6.50. The van der Waals surface area contributed by atoms with E-state index in [1.54, 1.807) is 7.11 Å². The van der Waals surface area contributed by atoms with Crippen LogP contribution >= 0.6 is 0 Å². The molecule has 1 aliphatic heterocycles. The number of anilines is 1. The predicted molar refractivity (Wildman–Crippen MR) is 89.7 cm³/mol. The zero-order valence-corrected chi connectivity index (χ0v) is 13.3. The summed E-state index contributed by atoms with van der Waals surface area (Å²) in [4.78, 5) is 9.95. The van der Waals surface area contributed by atoms with Crippen LogP contribution in [0, 0.1) is 0 Å². The minimum absolute atomic E-state index is 0.526. The molecule has 4 rings (SSSR count). The molecule has 1 aliphatic carbocycles. The molecule has 4 nitrogen and oxygen atoms in total. The summed E-state index contributed by atoms with van der Waals surface area (Å²) in [7, 11) is 1.70. The van der Waals surface area contributed by atoms with Crippen LogP contribution in [0.5, 0.6) is 5.75 Å². The maximum absolute atomic E-state index is 5.28. The quantitative estimate of drug-likeness (QED) is 0.871. The number of nitrogens with zero attached hydrogens (tertiary/aromatic N) is 3. The molecule has 2 aliphatic rings. The van der Waals surface area contributed by atoms with Crippen LogP contribution < -0.4 is 9.64 Å². The normalized spacial score (nSPS) is 23.0. The van der Waals surface area contributed by atoms with Gasteiger partial charge in [-0.2, -0.15) is 0 Å². The fourth-order valence-corrected chi connectivity index (χ4v) is 3.48. The van der Waals surface area contributed by atoms with Crippen molar-refractivity contribution in [1.82, 2.24) is 9.88 Å². The Balaban J connectivity index is 1.58. The summed E-state index contributed by atoms with van der Waals surface area (Å²) in [5, 5.41) is 1.13. The molecule has 2 fully saturated rings. The summed E-state index contributed by atoms with van der Waals surface area (Å²) in [6.07, 6.45) is 2.78. The van der Waals surface area contributed by atoms with Gasteiger partial charge in [0.2, 0.25) is 0 Å². The topological polar surface area (TPSA) is 28.6 Å². The van der Waals surface area contributed by atoms with Crippen molar-refractivity contribution < 1.29 is 4.74 Å². The third kappa shape index (κ3) is 2.52. The minimum atomic E-state index is 0.526. The monoisotopic (exact) mass is 297 g/mol. The number of aromatic nitrogens is 1. The van der Waals surface area contributed by atoms with E-state index in [0.717, 1.165) is 48.1 Å². The molecule has 1 unspecified atom stereocenters. The molecule has 1 aromatic heterocycles. The highest BCUT2D eigenvalue weighted by Crippen LogP contribution is 2.30. The van der Waals surface area contributed by atoms with Crippen LogP contribution in [0.15, 0.2) is 30.3 Å². The summed E-state index contributed by atoms with van der Waals surface area (Å²) in [5.41, 5.74) is 1.04. The van der Waals surface area contributed by atoms with Gasteiger partial charge in [0, 0.05) is 37.1 Å².